The van der Waals surface area contributed by atoms with E-state index in [1.54, 1.807) is 7.11 Å². The van der Waals surface area contributed by atoms with Crippen LogP contribution in [0.15, 0.2) is 28.7 Å². The second kappa shape index (κ2) is 10.4. The molecule has 0 saturated carbocycles. The second-order valence-corrected chi connectivity index (χ2v) is 5.37. The summed E-state index contributed by atoms with van der Waals surface area (Å²) in [6, 6.07) is 8.69. The Morgan fingerprint density at radius 3 is 2.74 bits per heavy atom. The first-order chi connectivity index (χ1) is 9.27. The van der Waals surface area contributed by atoms with Crippen LogP contribution in [0.2, 0.25) is 0 Å². The maximum absolute atomic E-state index is 5.64. The lowest BCUT2D eigenvalue weighted by molar-refractivity contribution is 0.0587. The number of benzene rings is 1. The Kier molecular flexibility index (Phi) is 9.08. The van der Waals surface area contributed by atoms with Gasteiger partial charge in [0.25, 0.3) is 0 Å². The van der Waals surface area contributed by atoms with Gasteiger partial charge in [-0.25, -0.2) is 0 Å². The van der Waals surface area contributed by atoms with Crippen LogP contribution in [-0.2, 0) is 15.9 Å². The zero-order valence-electron chi connectivity index (χ0n) is 11.8. The molecule has 1 unspecified atom stereocenters. The van der Waals surface area contributed by atoms with E-state index < -0.39 is 0 Å². The van der Waals surface area contributed by atoms with Crippen LogP contribution in [0.4, 0.5) is 0 Å². The highest BCUT2D eigenvalue weighted by Gasteiger charge is 2.10. The number of ether oxygens (including phenoxy) is 2. The molecule has 1 aromatic rings. The summed E-state index contributed by atoms with van der Waals surface area (Å²) in [6.45, 7) is 5.20. The number of hydrogen-bond donors (Lipinski definition) is 1. The van der Waals surface area contributed by atoms with Crippen LogP contribution in [-0.4, -0.2) is 39.5 Å². The molecule has 0 amide bonds. The lowest BCUT2D eigenvalue weighted by Crippen LogP contribution is -2.36. The molecule has 0 aliphatic heterocycles. The first-order valence-corrected chi connectivity index (χ1v) is 7.60. The summed E-state index contributed by atoms with van der Waals surface area (Å²) < 4.78 is 11.8. The molecule has 0 aromatic heterocycles. The SMILES string of the molecule is CCCNC(COCCOC)Cc1ccccc1Br. The summed E-state index contributed by atoms with van der Waals surface area (Å²) in [6.07, 6.45) is 2.10. The smallest absolute Gasteiger partial charge is 0.0701 e. The maximum Gasteiger partial charge on any atom is 0.0701 e. The lowest BCUT2D eigenvalue weighted by atomic mass is 10.1. The molecule has 0 fully saturated rings. The van der Waals surface area contributed by atoms with Gasteiger partial charge in [-0.2, -0.15) is 0 Å². The zero-order valence-corrected chi connectivity index (χ0v) is 13.4. The highest BCUT2D eigenvalue weighted by atomic mass is 79.9. The Bertz CT molecular complexity index is 347. The predicted octanol–water partition coefficient (Wildman–Crippen LogP) is 3.02. The standard InChI is InChI=1S/C15H24BrNO2/c1-3-8-17-14(12-19-10-9-18-2)11-13-6-4-5-7-15(13)16/h4-7,14,17H,3,8-12H2,1-2H3. The fourth-order valence-corrected chi connectivity index (χ4v) is 2.28. The number of halogens is 1. The number of rotatable bonds is 10. The Hall–Kier alpha value is -0.420. The summed E-state index contributed by atoms with van der Waals surface area (Å²) in [5, 5.41) is 3.54. The van der Waals surface area contributed by atoms with Gasteiger partial charge in [0.05, 0.1) is 19.8 Å². The minimum Gasteiger partial charge on any atom is -0.382 e. The highest BCUT2D eigenvalue weighted by molar-refractivity contribution is 9.10. The van der Waals surface area contributed by atoms with Crippen molar-refractivity contribution in [3.05, 3.63) is 34.3 Å². The fourth-order valence-electron chi connectivity index (χ4n) is 1.84. The monoisotopic (exact) mass is 329 g/mol. The van der Waals surface area contributed by atoms with E-state index in [1.807, 2.05) is 6.07 Å². The molecule has 0 saturated heterocycles. The van der Waals surface area contributed by atoms with E-state index in [2.05, 4.69) is 46.4 Å². The van der Waals surface area contributed by atoms with Gasteiger partial charge in [0.2, 0.25) is 0 Å². The predicted molar refractivity (Wildman–Crippen MR) is 82.6 cm³/mol. The van der Waals surface area contributed by atoms with Crippen LogP contribution in [0.1, 0.15) is 18.9 Å². The van der Waals surface area contributed by atoms with E-state index in [9.17, 15) is 0 Å². The molecular weight excluding hydrogens is 306 g/mol. The van der Waals surface area contributed by atoms with E-state index in [0.717, 1.165) is 23.9 Å². The van der Waals surface area contributed by atoms with Crippen molar-refractivity contribution in [3.8, 4) is 0 Å². The Labute approximate surface area is 124 Å². The second-order valence-electron chi connectivity index (χ2n) is 4.51. The van der Waals surface area contributed by atoms with Crippen molar-refractivity contribution >= 4 is 15.9 Å². The summed E-state index contributed by atoms with van der Waals surface area (Å²) in [4.78, 5) is 0. The summed E-state index contributed by atoms with van der Waals surface area (Å²) in [5.74, 6) is 0. The van der Waals surface area contributed by atoms with Crippen LogP contribution >= 0.6 is 15.9 Å². The Balaban J connectivity index is 2.46. The maximum atomic E-state index is 5.64. The van der Waals surface area contributed by atoms with Gasteiger partial charge in [-0.3, -0.25) is 0 Å². The largest absolute Gasteiger partial charge is 0.382 e. The molecule has 0 aliphatic rings. The molecular formula is C15H24BrNO2. The van der Waals surface area contributed by atoms with Crippen molar-refractivity contribution in [2.45, 2.75) is 25.8 Å². The number of hydrogen-bond acceptors (Lipinski definition) is 3. The van der Waals surface area contributed by atoms with Crippen molar-refractivity contribution in [2.24, 2.45) is 0 Å². The zero-order chi connectivity index (χ0) is 13.9. The third-order valence-corrected chi connectivity index (χ3v) is 3.63. The van der Waals surface area contributed by atoms with E-state index in [-0.39, 0.29) is 0 Å². The van der Waals surface area contributed by atoms with Crippen molar-refractivity contribution in [2.75, 3.05) is 33.5 Å². The molecule has 19 heavy (non-hydrogen) atoms. The van der Waals surface area contributed by atoms with Crippen LogP contribution in [0.5, 0.6) is 0 Å². The normalized spacial score (nSPS) is 12.6. The van der Waals surface area contributed by atoms with Crippen LogP contribution in [0, 0.1) is 0 Å². The molecule has 0 spiro atoms. The van der Waals surface area contributed by atoms with Gasteiger partial charge in [-0.05, 0) is 31.0 Å². The van der Waals surface area contributed by atoms with Crippen molar-refractivity contribution in [3.63, 3.8) is 0 Å². The first-order valence-electron chi connectivity index (χ1n) is 6.81. The number of nitrogens with one attached hydrogen (secondary N) is 1. The van der Waals surface area contributed by atoms with Crippen LogP contribution in [0.25, 0.3) is 0 Å². The molecule has 1 rings (SSSR count). The molecule has 4 heteroatoms. The van der Waals surface area contributed by atoms with Crippen LogP contribution < -0.4 is 5.32 Å². The average molecular weight is 330 g/mol. The van der Waals surface area contributed by atoms with Gasteiger partial charge in [-0.15, -0.1) is 0 Å². The number of methoxy groups -OCH3 is 1. The summed E-state index contributed by atoms with van der Waals surface area (Å²) in [7, 11) is 1.69. The Morgan fingerprint density at radius 1 is 1.26 bits per heavy atom. The molecule has 3 nitrogen and oxygen atoms in total. The minimum atomic E-state index is 0.343. The van der Waals surface area contributed by atoms with Gasteiger partial charge in [-0.1, -0.05) is 41.1 Å². The lowest BCUT2D eigenvalue weighted by Gasteiger charge is -2.19. The molecule has 1 atom stereocenters. The summed E-state index contributed by atoms with van der Waals surface area (Å²) >= 11 is 3.60. The first kappa shape index (κ1) is 16.6. The van der Waals surface area contributed by atoms with E-state index >= 15 is 0 Å². The minimum absolute atomic E-state index is 0.343. The van der Waals surface area contributed by atoms with Crippen molar-refractivity contribution in [1.29, 1.82) is 0 Å². The third kappa shape index (κ3) is 7.06. The quantitative estimate of drug-likeness (QED) is 0.669. The van der Waals surface area contributed by atoms with Crippen molar-refractivity contribution in [1.82, 2.24) is 5.32 Å². The van der Waals surface area contributed by atoms with E-state index in [1.165, 1.54) is 5.56 Å². The molecule has 0 radical (unpaired) electrons. The molecule has 1 aromatic carbocycles. The van der Waals surface area contributed by atoms with Gasteiger partial charge in [0.1, 0.15) is 0 Å². The highest BCUT2D eigenvalue weighted by Crippen LogP contribution is 2.17. The van der Waals surface area contributed by atoms with Gasteiger partial charge < -0.3 is 14.8 Å². The topological polar surface area (TPSA) is 30.5 Å². The Morgan fingerprint density at radius 2 is 2.05 bits per heavy atom. The summed E-state index contributed by atoms with van der Waals surface area (Å²) in [5.41, 5.74) is 1.31. The molecule has 1 N–H and O–H groups in total. The van der Waals surface area contributed by atoms with Gasteiger partial charge in [0, 0.05) is 17.6 Å². The van der Waals surface area contributed by atoms with Crippen LogP contribution in [0.3, 0.4) is 0 Å². The molecule has 108 valence electrons. The fraction of sp³-hybridized carbons (Fsp3) is 0.600. The average Bonchev–Trinajstić information content (AvgIpc) is 2.43. The molecule has 0 aliphatic carbocycles. The van der Waals surface area contributed by atoms with Crippen molar-refractivity contribution < 1.29 is 9.47 Å². The van der Waals surface area contributed by atoms with E-state index in [4.69, 9.17) is 9.47 Å². The molecule has 0 bridgehead atoms. The van der Waals surface area contributed by atoms with E-state index in [0.29, 0.717) is 25.9 Å². The van der Waals surface area contributed by atoms with Gasteiger partial charge in [0.15, 0.2) is 0 Å². The molecule has 0 heterocycles. The van der Waals surface area contributed by atoms with Gasteiger partial charge >= 0.3 is 0 Å². The third-order valence-electron chi connectivity index (χ3n) is 2.86.